The minimum Gasteiger partial charge on any atom is -0.444 e. The van der Waals surface area contributed by atoms with Gasteiger partial charge in [0.2, 0.25) is 0 Å². The van der Waals surface area contributed by atoms with Crippen LogP contribution in [0.3, 0.4) is 0 Å². The summed E-state index contributed by atoms with van der Waals surface area (Å²) >= 11 is 0. The highest BCUT2D eigenvalue weighted by atomic mass is 16.7. The molecule has 1 aromatic rings. The van der Waals surface area contributed by atoms with Gasteiger partial charge in [-0.2, -0.15) is 0 Å². The molecule has 1 aliphatic heterocycles. The Hall–Kier alpha value is -1.57. The van der Waals surface area contributed by atoms with Crippen LogP contribution in [0.4, 0.5) is 4.79 Å². The van der Waals surface area contributed by atoms with Crippen LogP contribution in [0.2, 0.25) is 0 Å². The molecule has 0 unspecified atom stereocenters. The lowest BCUT2D eigenvalue weighted by Gasteiger charge is -2.32. The molecule has 0 aromatic heterocycles. The number of rotatable bonds is 4. The molecule has 144 valence electrons. The van der Waals surface area contributed by atoms with Crippen molar-refractivity contribution in [3.63, 3.8) is 0 Å². The molecule has 2 N–H and O–H groups in total. The highest BCUT2D eigenvalue weighted by molar-refractivity contribution is 6.62. The lowest BCUT2D eigenvalue weighted by molar-refractivity contribution is 0.00578. The maximum absolute atomic E-state index is 11.9. The zero-order chi connectivity index (χ0) is 19.8. The maximum Gasteiger partial charge on any atom is 0.494 e. The fourth-order valence-corrected chi connectivity index (χ4v) is 2.55. The Balaban J connectivity index is 2.07. The van der Waals surface area contributed by atoms with E-state index < -0.39 is 36.1 Å². The van der Waals surface area contributed by atoms with Gasteiger partial charge in [-0.15, -0.1) is 0 Å². The van der Waals surface area contributed by atoms with Gasteiger partial charge in [0.15, 0.2) is 0 Å². The number of alkyl carbamates (subject to hydrolysis) is 1. The van der Waals surface area contributed by atoms with Gasteiger partial charge in [0.25, 0.3) is 0 Å². The Bertz CT molecular complexity index is 620. The third-order valence-corrected chi connectivity index (χ3v) is 4.74. The third-order valence-electron chi connectivity index (χ3n) is 4.74. The van der Waals surface area contributed by atoms with E-state index in [1.54, 1.807) is 20.8 Å². The predicted octanol–water partition coefficient (Wildman–Crippen LogP) is 2.54. The summed E-state index contributed by atoms with van der Waals surface area (Å²) in [4.78, 5) is 11.9. The first-order valence-corrected chi connectivity index (χ1v) is 8.90. The SMILES string of the molecule is CC(C)(C)OC(=O)N[C@@H](CO)c1ccc(B2OC(C)(C)C(C)(C)O2)cc1. The van der Waals surface area contributed by atoms with Gasteiger partial charge in [0.05, 0.1) is 23.9 Å². The number of benzene rings is 1. The van der Waals surface area contributed by atoms with Crippen molar-refractivity contribution in [3.05, 3.63) is 29.8 Å². The van der Waals surface area contributed by atoms with Crippen molar-refractivity contribution in [2.45, 2.75) is 71.3 Å². The number of ether oxygens (including phenoxy) is 1. The molecule has 0 bridgehead atoms. The molecule has 0 spiro atoms. The molecule has 7 heteroatoms. The summed E-state index contributed by atoms with van der Waals surface area (Å²) in [6.07, 6.45) is -0.563. The van der Waals surface area contributed by atoms with Gasteiger partial charge in [-0.05, 0) is 59.5 Å². The molecule has 1 fully saturated rings. The number of aliphatic hydroxyl groups excluding tert-OH is 1. The van der Waals surface area contributed by atoms with E-state index in [1.165, 1.54) is 0 Å². The highest BCUT2D eigenvalue weighted by Gasteiger charge is 2.51. The lowest BCUT2D eigenvalue weighted by atomic mass is 9.78. The normalized spacial score (nSPS) is 19.9. The monoisotopic (exact) mass is 363 g/mol. The molecule has 1 atom stereocenters. The minimum absolute atomic E-state index is 0.227. The lowest BCUT2D eigenvalue weighted by Crippen LogP contribution is -2.41. The van der Waals surface area contributed by atoms with E-state index in [0.29, 0.717) is 0 Å². The minimum atomic E-state index is -0.593. The molecular weight excluding hydrogens is 333 g/mol. The summed E-state index contributed by atoms with van der Waals surface area (Å²) in [5.74, 6) is 0. The first-order valence-electron chi connectivity index (χ1n) is 8.90. The van der Waals surface area contributed by atoms with Crippen molar-refractivity contribution in [1.29, 1.82) is 0 Å². The number of nitrogens with one attached hydrogen (secondary N) is 1. The molecule has 26 heavy (non-hydrogen) atoms. The molecule has 2 rings (SSSR count). The van der Waals surface area contributed by atoms with Crippen molar-refractivity contribution in [3.8, 4) is 0 Å². The van der Waals surface area contributed by atoms with E-state index >= 15 is 0 Å². The van der Waals surface area contributed by atoms with Crippen LogP contribution in [0, 0.1) is 0 Å². The van der Waals surface area contributed by atoms with Gasteiger partial charge in [-0.25, -0.2) is 4.79 Å². The van der Waals surface area contributed by atoms with Crippen molar-refractivity contribution < 1.29 is 23.9 Å². The van der Waals surface area contributed by atoms with Crippen molar-refractivity contribution in [2.24, 2.45) is 0 Å². The smallest absolute Gasteiger partial charge is 0.444 e. The topological polar surface area (TPSA) is 77.0 Å². The van der Waals surface area contributed by atoms with Crippen LogP contribution < -0.4 is 10.8 Å². The molecule has 1 aromatic carbocycles. The van der Waals surface area contributed by atoms with Gasteiger partial charge < -0.3 is 24.5 Å². The molecule has 0 aliphatic carbocycles. The Morgan fingerprint density at radius 2 is 1.65 bits per heavy atom. The zero-order valence-corrected chi connectivity index (χ0v) is 16.8. The third kappa shape index (κ3) is 4.78. The van der Waals surface area contributed by atoms with E-state index in [4.69, 9.17) is 14.0 Å². The predicted molar refractivity (Wildman–Crippen MR) is 101 cm³/mol. The van der Waals surface area contributed by atoms with E-state index in [2.05, 4.69) is 5.32 Å². The fraction of sp³-hybridized carbons (Fsp3) is 0.632. The largest absolute Gasteiger partial charge is 0.494 e. The average molecular weight is 363 g/mol. The van der Waals surface area contributed by atoms with Crippen LogP contribution in [0.25, 0.3) is 0 Å². The van der Waals surface area contributed by atoms with E-state index in [1.807, 2.05) is 52.0 Å². The van der Waals surface area contributed by atoms with E-state index in [9.17, 15) is 9.90 Å². The van der Waals surface area contributed by atoms with Crippen LogP contribution in [0.15, 0.2) is 24.3 Å². The van der Waals surface area contributed by atoms with Gasteiger partial charge in [-0.1, -0.05) is 24.3 Å². The summed E-state index contributed by atoms with van der Waals surface area (Å²) < 4.78 is 17.3. The number of hydrogen-bond acceptors (Lipinski definition) is 5. The second-order valence-corrected chi connectivity index (χ2v) is 8.64. The van der Waals surface area contributed by atoms with Crippen LogP contribution >= 0.6 is 0 Å². The summed E-state index contributed by atoms with van der Waals surface area (Å²) in [7, 11) is -0.444. The zero-order valence-electron chi connectivity index (χ0n) is 16.8. The summed E-state index contributed by atoms with van der Waals surface area (Å²) in [5.41, 5.74) is 0.273. The first kappa shape index (κ1) is 20.7. The first-order chi connectivity index (χ1) is 11.8. The second-order valence-electron chi connectivity index (χ2n) is 8.64. The molecule has 0 radical (unpaired) electrons. The van der Waals surface area contributed by atoms with Gasteiger partial charge in [0, 0.05) is 0 Å². The summed E-state index contributed by atoms with van der Waals surface area (Å²) in [5, 5.41) is 12.3. The fourth-order valence-electron chi connectivity index (χ4n) is 2.55. The highest BCUT2D eigenvalue weighted by Crippen LogP contribution is 2.36. The van der Waals surface area contributed by atoms with Crippen LogP contribution in [-0.2, 0) is 14.0 Å². The molecule has 1 saturated heterocycles. The van der Waals surface area contributed by atoms with Gasteiger partial charge in [-0.3, -0.25) is 0 Å². The molecular formula is C19H30BNO5. The quantitative estimate of drug-likeness (QED) is 0.804. The number of carbonyl (C=O) groups excluding carboxylic acids is 1. The van der Waals surface area contributed by atoms with E-state index in [-0.39, 0.29) is 6.61 Å². The Morgan fingerprint density at radius 3 is 2.08 bits per heavy atom. The Kier molecular flexibility index (Phi) is 5.76. The van der Waals surface area contributed by atoms with Crippen LogP contribution in [-0.4, -0.2) is 41.7 Å². The van der Waals surface area contributed by atoms with Crippen LogP contribution in [0.5, 0.6) is 0 Å². The van der Waals surface area contributed by atoms with Gasteiger partial charge in [0.1, 0.15) is 5.60 Å². The molecule has 6 nitrogen and oxygen atoms in total. The summed E-state index contributed by atoms with van der Waals surface area (Å²) in [6, 6.07) is 6.92. The molecule has 1 aliphatic rings. The molecule has 1 amide bonds. The average Bonchev–Trinajstić information content (AvgIpc) is 2.71. The van der Waals surface area contributed by atoms with Crippen LogP contribution in [0.1, 0.15) is 60.1 Å². The molecule has 0 saturated carbocycles. The number of hydrogen-bond donors (Lipinski definition) is 2. The Labute approximate surface area is 156 Å². The number of amides is 1. The standard InChI is InChI=1S/C19H30BNO5/c1-17(2,3)24-16(23)21-15(12-22)13-8-10-14(11-9-13)20-25-18(4,5)19(6,7)26-20/h8-11,15,22H,12H2,1-7H3,(H,21,23)/t15-/m0/s1. The number of carbonyl (C=O) groups is 1. The van der Waals surface area contributed by atoms with E-state index in [0.717, 1.165) is 11.0 Å². The van der Waals surface area contributed by atoms with Crippen molar-refractivity contribution >= 4 is 18.7 Å². The van der Waals surface area contributed by atoms with Gasteiger partial charge >= 0.3 is 13.2 Å². The number of aliphatic hydroxyl groups is 1. The van der Waals surface area contributed by atoms with Crippen molar-refractivity contribution in [1.82, 2.24) is 5.32 Å². The summed E-state index contributed by atoms with van der Waals surface area (Å²) in [6.45, 7) is 13.2. The van der Waals surface area contributed by atoms with Crippen molar-refractivity contribution in [2.75, 3.05) is 6.61 Å². The second kappa shape index (κ2) is 7.21. The Morgan fingerprint density at radius 1 is 1.15 bits per heavy atom. The molecule has 1 heterocycles. The maximum atomic E-state index is 11.9.